The molecule has 0 saturated carbocycles. The highest BCUT2D eigenvalue weighted by atomic mass is 32.1. The minimum Gasteiger partial charge on any atom is -0.353 e. The average molecular weight is 529 g/mol. The average Bonchev–Trinajstić information content (AvgIpc) is 3.67. The molecule has 4 heterocycles. The zero-order valence-electron chi connectivity index (χ0n) is 21.5. The van der Waals surface area contributed by atoms with Crippen LogP contribution in [0.15, 0.2) is 116 Å². The number of aromatic nitrogens is 4. The molecule has 0 amide bonds. The first-order chi connectivity index (χ1) is 19.3. The molecule has 1 atom stereocenters. The molecule has 0 aliphatic carbocycles. The van der Waals surface area contributed by atoms with Gasteiger partial charge in [-0.3, -0.25) is 4.90 Å². The molecule has 6 nitrogen and oxygen atoms in total. The molecule has 1 fully saturated rings. The van der Waals surface area contributed by atoms with E-state index in [0.29, 0.717) is 0 Å². The van der Waals surface area contributed by atoms with Crippen LogP contribution in [0.5, 0.6) is 0 Å². The Bertz CT molecular complexity index is 1670. The third-order valence-electron chi connectivity index (χ3n) is 7.39. The lowest BCUT2D eigenvalue weighted by atomic mass is 10.0. The van der Waals surface area contributed by atoms with Gasteiger partial charge >= 0.3 is 0 Å². The number of piperazine rings is 1. The molecule has 1 unspecified atom stereocenters. The number of hydrogen-bond acceptors (Lipinski definition) is 6. The van der Waals surface area contributed by atoms with E-state index in [4.69, 9.17) is 4.98 Å². The van der Waals surface area contributed by atoms with Crippen LogP contribution in [-0.2, 0) is 0 Å². The van der Waals surface area contributed by atoms with Crippen molar-refractivity contribution in [2.75, 3.05) is 31.1 Å². The van der Waals surface area contributed by atoms with Gasteiger partial charge in [0.1, 0.15) is 12.1 Å². The second kappa shape index (κ2) is 10.4. The van der Waals surface area contributed by atoms with Crippen LogP contribution in [0.2, 0.25) is 0 Å². The number of para-hydroxylation sites is 1. The van der Waals surface area contributed by atoms with Crippen LogP contribution in [0.25, 0.3) is 27.2 Å². The van der Waals surface area contributed by atoms with E-state index < -0.39 is 0 Å². The van der Waals surface area contributed by atoms with Gasteiger partial charge in [-0.15, -0.1) is 11.3 Å². The van der Waals surface area contributed by atoms with Gasteiger partial charge in [0, 0.05) is 35.9 Å². The van der Waals surface area contributed by atoms with Gasteiger partial charge in [-0.05, 0) is 35.4 Å². The normalized spacial score (nSPS) is 15.0. The summed E-state index contributed by atoms with van der Waals surface area (Å²) in [6.07, 6.45) is 3.56. The van der Waals surface area contributed by atoms with Gasteiger partial charge in [0.2, 0.25) is 0 Å². The zero-order valence-corrected chi connectivity index (χ0v) is 22.3. The molecule has 1 saturated heterocycles. The highest BCUT2D eigenvalue weighted by Crippen LogP contribution is 2.38. The van der Waals surface area contributed by atoms with Crippen molar-refractivity contribution in [2.45, 2.75) is 6.04 Å². The van der Waals surface area contributed by atoms with Crippen LogP contribution in [0, 0.1) is 0 Å². The number of hydrogen-bond donors (Lipinski definition) is 0. The van der Waals surface area contributed by atoms with Crippen LogP contribution in [-0.4, -0.2) is 50.8 Å². The second-order valence-corrected chi connectivity index (χ2v) is 10.8. The van der Waals surface area contributed by atoms with E-state index in [2.05, 4.69) is 92.7 Å². The van der Waals surface area contributed by atoms with Gasteiger partial charge in [0.15, 0.2) is 5.65 Å². The summed E-state index contributed by atoms with van der Waals surface area (Å²) in [6.45, 7) is 3.67. The Morgan fingerprint density at radius 1 is 0.692 bits per heavy atom. The SMILES string of the molecule is c1ccc(-c2ccc(C(c3ccccc3)N3CCN(c4ncnc5c4cnn5-c4ccccc4)CC3)s2)cc1. The Hall–Kier alpha value is -4.33. The van der Waals surface area contributed by atoms with Crippen molar-refractivity contribution in [1.82, 2.24) is 24.6 Å². The fourth-order valence-electron chi connectivity index (χ4n) is 5.48. The van der Waals surface area contributed by atoms with Crippen molar-refractivity contribution in [1.29, 1.82) is 0 Å². The molecule has 6 aromatic rings. The molecule has 7 rings (SSSR count). The fraction of sp³-hybridized carbons (Fsp3) is 0.156. The molecule has 3 aromatic heterocycles. The Morgan fingerprint density at radius 3 is 2.13 bits per heavy atom. The molecule has 3 aromatic carbocycles. The summed E-state index contributed by atoms with van der Waals surface area (Å²) < 4.78 is 1.89. The van der Waals surface area contributed by atoms with E-state index in [1.165, 1.54) is 20.9 Å². The fourth-order valence-corrected chi connectivity index (χ4v) is 6.66. The molecule has 1 aliphatic rings. The minimum atomic E-state index is 0.224. The summed E-state index contributed by atoms with van der Waals surface area (Å²) in [7, 11) is 0. The van der Waals surface area contributed by atoms with Crippen LogP contribution >= 0.6 is 11.3 Å². The third-order valence-corrected chi connectivity index (χ3v) is 8.58. The maximum Gasteiger partial charge on any atom is 0.168 e. The largest absolute Gasteiger partial charge is 0.353 e. The highest BCUT2D eigenvalue weighted by Gasteiger charge is 2.29. The van der Waals surface area contributed by atoms with Gasteiger partial charge in [-0.2, -0.15) is 5.10 Å². The van der Waals surface area contributed by atoms with Crippen LogP contribution in [0.3, 0.4) is 0 Å². The number of anilines is 1. The van der Waals surface area contributed by atoms with E-state index in [9.17, 15) is 0 Å². The van der Waals surface area contributed by atoms with Crippen LogP contribution in [0.4, 0.5) is 5.82 Å². The van der Waals surface area contributed by atoms with Crippen molar-refractivity contribution < 1.29 is 0 Å². The number of fused-ring (bicyclic) bond motifs is 1. The van der Waals surface area contributed by atoms with Crippen molar-refractivity contribution in [3.05, 3.63) is 126 Å². The van der Waals surface area contributed by atoms with Gasteiger partial charge in [-0.25, -0.2) is 14.6 Å². The molecule has 39 heavy (non-hydrogen) atoms. The van der Waals surface area contributed by atoms with Crippen LogP contribution in [0.1, 0.15) is 16.5 Å². The molecule has 0 N–H and O–H groups in total. The van der Waals surface area contributed by atoms with E-state index in [1.807, 2.05) is 52.5 Å². The summed E-state index contributed by atoms with van der Waals surface area (Å²) >= 11 is 1.90. The summed E-state index contributed by atoms with van der Waals surface area (Å²) in [5.41, 5.74) is 4.44. The van der Waals surface area contributed by atoms with E-state index in [-0.39, 0.29) is 6.04 Å². The monoisotopic (exact) mass is 528 g/mol. The van der Waals surface area contributed by atoms with Crippen molar-refractivity contribution in [3.63, 3.8) is 0 Å². The summed E-state index contributed by atoms with van der Waals surface area (Å²) in [4.78, 5) is 17.0. The highest BCUT2D eigenvalue weighted by molar-refractivity contribution is 7.15. The maximum atomic E-state index is 4.71. The molecular weight excluding hydrogens is 500 g/mol. The lowest BCUT2D eigenvalue weighted by Gasteiger charge is -2.39. The predicted molar refractivity (Wildman–Crippen MR) is 158 cm³/mol. The van der Waals surface area contributed by atoms with Crippen molar-refractivity contribution in [3.8, 4) is 16.1 Å². The standard InChI is InChI=1S/C32H28N6S/c1-4-10-24(11-5-1)28-16-17-29(39-28)30(25-12-6-2-7-13-25)36-18-20-37(21-19-36)31-27-22-35-38(32(27)34-23-33-31)26-14-8-3-9-15-26/h1-17,22-23,30H,18-21H2. The van der Waals surface area contributed by atoms with Crippen LogP contribution < -0.4 is 4.90 Å². The minimum absolute atomic E-state index is 0.224. The molecule has 0 spiro atoms. The Kier molecular flexibility index (Phi) is 6.36. The van der Waals surface area contributed by atoms with E-state index in [1.54, 1.807) is 6.33 Å². The quantitative estimate of drug-likeness (QED) is 0.248. The smallest absolute Gasteiger partial charge is 0.168 e. The molecule has 0 radical (unpaired) electrons. The lowest BCUT2D eigenvalue weighted by molar-refractivity contribution is 0.214. The summed E-state index contributed by atoms with van der Waals surface area (Å²) in [5.74, 6) is 0.959. The first kappa shape index (κ1) is 23.8. The van der Waals surface area contributed by atoms with E-state index in [0.717, 1.165) is 48.7 Å². The first-order valence-electron chi connectivity index (χ1n) is 13.3. The topological polar surface area (TPSA) is 50.1 Å². The van der Waals surface area contributed by atoms with Crippen molar-refractivity contribution in [2.24, 2.45) is 0 Å². The summed E-state index contributed by atoms with van der Waals surface area (Å²) in [6, 6.07) is 36.5. The predicted octanol–water partition coefficient (Wildman–Crippen LogP) is 6.46. The first-order valence-corrected chi connectivity index (χ1v) is 14.1. The lowest BCUT2D eigenvalue weighted by Crippen LogP contribution is -2.48. The van der Waals surface area contributed by atoms with Crippen molar-refractivity contribution >= 4 is 28.2 Å². The zero-order chi connectivity index (χ0) is 26.0. The Labute approximate surface area is 231 Å². The Balaban J connectivity index is 1.16. The number of nitrogens with zero attached hydrogens (tertiary/aromatic N) is 6. The maximum absolute atomic E-state index is 4.71. The molecule has 0 bridgehead atoms. The third kappa shape index (κ3) is 4.60. The van der Waals surface area contributed by atoms with Gasteiger partial charge in [0.05, 0.1) is 23.3 Å². The molecule has 1 aliphatic heterocycles. The molecule has 192 valence electrons. The Morgan fingerprint density at radius 2 is 1.38 bits per heavy atom. The second-order valence-electron chi connectivity index (χ2n) is 9.73. The molecule has 7 heteroatoms. The van der Waals surface area contributed by atoms with E-state index >= 15 is 0 Å². The van der Waals surface area contributed by atoms with Gasteiger partial charge < -0.3 is 4.90 Å². The number of benzene rings is 3. The number of rotatable bonds is 6. The molecular formula is C32H28N6S. The number of thiophene rings is 1. The van der Waals surface area contributed by atoms with Gasteiger partial charge in [0.25, 0.3) is 0 Å². The van der Waals surface area contributed by atoms with Gasteiger partial charge in [-0.1, -0.05) is 78.9 Å². The summed E-state index contributed by atoms with van der Waals surface area (Å²) in [5, 5.41) is 5.64.